The third-order valence-electron chi connectivity index (χ3n) is 7.05. The van der Waals surface area contributed by atoms with Crippen LogP contribution >= 0.6 is 0 Å². The summed E-state index contributed by atoms with van der Waals surface area (Å²) in [7, 11) is 0. The first-order valence-corrected chi connectivity index (χ1v) is 12.1. The molecule has 4 rings (SSSR count). The number of ether oxygens (including phenoxy) is 1. The molecule has 2 aromatic rings. The molecule has 7 nitrogen and oxygen atoms in total. The number of hydrogen-bond acceptors (Lipinski definition) is 4. The van der Waals surface area contributed by atoms with E-state index in [0.717, 1.165) is 24.0 Å². The lowest BCUT2D eigenvalue weighted by atomic mass is 9.84. The molecule has 0 radical (unpaired) electrons. The smallest absolute Gasteiger partial charge is 0.407 e. The summed E-state index contributed by atoms with van der Waals surface area (Å²) >= 11 is 0. The standard InChI is InChI=1S/C27H32N2O5/c1-17(26(31)32)14-15-28-25(30)22-12-6-7-13-24(22)29-27(33)34-16-23-20-10-4-2-8-18(20)19-9-3-5-11-21(19)23/h2-5,8-11,17,22-24H,6-7,12-16H2,1H3,(H,28,30)(H,29,33)(H,31,32). The second-order valence-electron chi connectivity index (χ2n) is 9.29. The number of carboxylic acid groups (broad SMARTS) is 1. The molecule has 2 aromatic carbocycles. The van der Waals surface area contributed by atoms with Gasteiger partial charge in [-0.05, 0) is 41.5 Å². The molecule has 7 heteroatoms. The Hall–Kier alpha value is -3.35. The molecule has 2 amide bonds. The Morgan fingerprint density at radius 2 is 1.62 bits per heavy atom. The lowest BCUT2D eigenvalue weighted by Crippen LogP contribution is -2.48. The fourth-order valence-electron chi connectivity index (χ4n) is 5.08. The Balaban J connectivity index is 1.33. The maximum atomic E-state index is 12.7. The number of hydrogen-bond donors (Lipinski definition) is 3. The van der Waals surface area contributed by atoms with Gasteiger partial charge in [-0.2, -0.15) is 0 Å². The summed E-state index contributed by atoms with van der Waals surface area (Å²) in [4.78, 5) is 36.4. The van der Waals surface area contributed by atoms with Crippen molar-refractivity contribution >= 4 is 18.0 Å². The number of carboxylic acids is 1. The third kappa shape index (κ3) is 5.24. The van der Waals surface area contributed by atoms with Crippen LogP contribution in [-0.4, -0.2) is 42.3 Å². The van der Waals surface area contributed by atoms with Crippen molar-refractivity contribution in [3.63, 3.8) is 0 Å². The fraction of sp³-hybridized carbons (Fsp3) is 0.444. The molecule has 0 heterocycles. The van der Waals surface area contributed by atoms with Crippen molar-refractivity contribution < 1.29 is 24.2 Å². The van der Waals surface area contributed by atoms with Gasteiger partial charge in [-0.1, -0.05) is 68.3 Å². The molecule has 180 valence electrons. The fourth-order valence-corrected chi connectivity index (χ4v) is 5.08. The van der Waals surface area contributed by atoms with Crippen molar-refractivity contribution in [3.8, 4) is 11.1 Å². The van der Waals surface area contributed by atoms with Crippen molar-refractivity contribution in [3.05, 3.63) is 59.7 Å². The largest absolute Gasteiger partial charge is 0.481 e. The minimum Gasteiger partial charge on any atom is -0.481 e. The second-order valence-corrected chi connectivity index (χ2v) is 9.29. The maximum absolute atomic E-state index is 12.7. The molecule has 34 heavy (non-hydrogen) atoms. The van der Waals surface area contributed by atoms with Crippen LogP contribution in [0.1, 0.15) is 56.1 Å². The van der Waals surface area contributed by atoms with Gasteiger partial charge in [-0.25, -0.2) is 4.79 Å². The summed E-state index contributed by atoms with van der Waals surface area (Å²) in [5.41, 5.74) is 4.66. The van der Waals surface area contributed by atoms with Gasteiger partial charge in [-0.3, -0.25) is 9.59 Å². The van der Waals surface area contributed by atoms with Crippen LogP contribution in [0, 0.1) is 11.8 Å². The number of fused-ring (bicyclic) bond motifs is 3. The Morgan fingerprint density at radius 1 is 1.00 bits per heavy atom. The molecule has 2 aliphatic rings. The zero-order valence-corrected chi connectivity index (χ0v) is 19.5. The monoisotopic (exact) mass is 464 g/mol. The van der Waals surface area contributed by atoms with E-state index in [9.17, 15) is 14.4 Å². The van der Waals surface area contributed by atoms with E-state index in [1.54, 1.807) is 6.92 Å². The van der Waals surface area contributed by atoms with E-state index in [2.05, 4.69) is 34.9 Å². The lowest BCUT2D eigenvalue weighted by Gasteiger charge is -2.31. The van der Waals surface area contributed by atoms with E-state index in [1.165, 1.54) is 11.1 Å². The Bertz CT molecular complexity index is 1010. The highest BCUT2D eigenvalue weighted by atomic mass is 16.5. The number of nitrogens with one attached hydrogen (secondary N) is 2. The molecule has 3 unspecified atom stereocenters. The van der Waals surface area contributed by atoms with Crippen molar-refractivity contribution in [1.82, 2.24) is 10.6 Å². The highest BCUT2D eigenvalue weighted by Crippen LogP contribution is 2.44. The summed E-state index contributed by atoms with van der Waals surface area (Å²) in [5, 5.41) is 14.8. The summed E-state index contributed by atoms with van der Waals surface area (Å²) in [5.74, 6) is -1.88. The van der Waals surface area contributed by atoms with Crippen LogP contribution in [0.3, 0.4) is 0 Å². The number of rotatable bonds is 8. The van der Waals surface area contributed by atoms with Crippen molar-refractivity contribution in [2.45, 2.75) is 51.0 Å². The molecule has 1 saturated carbocycles. The number of amides is 2. The maximum Gasteiger partial charge on any atom is 0.407 e. The van der Waals surface area contributed by atoms with E-state index in [4.69, 9.17) is 9.84 Å². The Morgan fingerprint density at radius 3 is 2.26 bits per heavy atom. The highest BCUT2D eigenvalue weighted by molar-refractivity contribution is 5.81. The summed E-state index contributed by atoms with van der Waals surface area (Å²) < 4.78 is 5.66. The van der Waals surface area contributed by atoms with Gasteiger partial charge >= 0.3 is 12.1 Å². The summed E-state index contributed by atoms with van der Waals surface area (Å²) in [6.45, 7) is 2.16. The average Bonchev–Trinajstić information content (AvgIpc) is 3.16. The van der Waals surface area contributed by atoms with Crippen LogP contribution in [0.4, 0.5) is 4.79 Å². The van der Waals surface area contributed by atoms with Gasteiger partial charge in [0.05, 0.1) is 11.8 Å². The van der Waals surface area contributed by atoms with Gasteiger partial charge < -0.3 is 20.5 Å². The van der Waals surface area contributed by atoms with Crippen molar-refractivity contribution in [2.24, 2.45) is 11.8 Å². The zero-order valence-electron chi connectivity index (χ0n) is 19.5. The van der Waals surface area contributed by atoms with Crippen LogP contribution in [0.5, 0.6) is 0 Å². The van der Waals surface area contributed by atoms with Gasteiger partial charge in [0.2, 0.25) is 5.91 Å². The Labute approximate surface area is 199 Å². The summed E-state index contributed by atoms with van der Waals surface area (Å²) in [6.07, 6.45) is 3.13. The molecule has 3 atom stereocenters. The number of benzene rings is 2. The number of carbonyl (C=O) groups excluding carboxylic acids is 2. The molecule has 0 spiro atoms. The molecule has 1 fully saturated rings. The summed E-state index contributed by atoms with van der Waals surface area (Å²) in [6, 6.07) is 16.1. The normalized spacial score (nSPS) is 20.0. The third-order valence-corrected chi connectivity index (χ3v) is 7.05. The van der Waals surface area contributed by atoms with Gasteiger partial charge in [0.15, 0.2) is 0 Å². The number of carbonyl (C=O) groups is 3. The van der Waals surface area contributed by atoms with Crippen LogP contribution in [0.2, 0.25) is 0 Å². The minimum atomic E-state index is -0.873. The predicted molar refractivity (Wildman–Crippen MR) is 128 cm³/mol. The average molecular weight is 465 g/mol. The molecule has 0 bridgehead atoms. The highest BCUT2D eigenvalue weighted by Gasteiger charge is 2.33. The van der Waals surface area contributed by atoms with E-state index in [1.807, 2.05) is 24.3 Å². The van der Waals surface area contributed by atoms with E-state index in [-0.39, 0.29) is 30.4 Å². The van der Waals surface area contributed by atoms with Gasteiger partial charge in [0.25, 0.3) is 0 Å². The van der Waals surface area contributed by atoms with E-state index < -0.39 is 18.0 Å². The molecular formula is C27H32N2O5. The first-order chi connectivity index (χ1) is 16.5. The topological polar surface area (TPSA) is 105 Å². The minimum absolute atomic E-state index is 0.0140. The van der Waals surface area contributed by atoms with Crippen LogP contribution in [0.15, 0.2) is 48.5 Å². The number of aliphatic carboxylic acids is 1. The molecular weight excluding hydrogens is 432 g/mol. The zero-order chi connectivity index (χ0) is 24.1. The van der Waals surface area contributed by atoms with E-state index >= 15 is 0 Å². The SMILES string of the molecule is CC(CCNC(=O)C1CCCCC1NC(=O)OCC1c2ccccc2-c2ccccc21)C(=O)O. The van der Waals surface area contributed by atoms with Crippen LogP contribution < -0.4 is 10.6 Å². The number of alkyl carbamates (subject to hydrolysis) is 1. The van der Waals surface area contributed by atoms with Gasteiger partial charge in [0, 0.05) is 18.5 Å². The predicted octanol–water partition coefficient (Wildman–Crippen LogP) is 4.31. The molecule has 0 aromatic heterocycles. The molecule has 0 aliphatic heterocycles. The lowest BCUT2D eigenvalue weighted by molar-refractivity contribution is -0.141. The van der Waals surface area contributed by atoms with Gasteiger partial charge in [0.1, 0.15) is 6.61 Å². The molecule has 3 N–H and O–H groups in total. The molecule has 0 saturated heterocycles. The first kappa shape index (κ1) is 23.8. The quantitative estimate of drug-likeness (QED) is 0.540. The van der Waals surface area contributed by atoms with Crippen molar-refractivity contribution in [1.29, 1.82) is 0 Å². The van der Waals surface area contributed by atoms with Gasteiger partial charge in [-0.15, -0.1) is 0 Å². The van der Waals surface area contributed by atoms with E-state index in [0.29, 0.717) is 25.8 Å². The van der Waals surface area contributed by atoms with Crippen LogP contribution in [0.25, 0.3) is 11.1 Å². The van der Waals surface area contributed by atoms with Crippen LogP contribution in [-0.2, 0) is 14.3 Å². The van der Waals surface area contributed by atoms with Crippen molar-refractivity contribution in [2.75, 3.05) is 13.2 Å². The Kier molecular flexibility index (Phi) is 7.50. The second kappa shape index (κ2) is 10.7. The first-order valence-electron chi connectivity index (χ1n) is 12.1. The molecule has 2 aliphatic carbocycles.